The maximum Gasteiger partial charge on any atom is 0.411 e. The van der Waals surface area contributed by atoms with E-state index in [1.54, 1.807) is 13.8 Å². The highest BCUT2D eigenvalue weighted by atomic mass is 19.1. The molecule has 1 rings (SSSR count). The van der Waals surface area contributed by atoms with Gasteiger partial charge in [-0.05, 0) is 19.9 Å². The largest absolute Gasteiger partial charge is 0.447 e. The van der Waals surface area contributed by atoms with Crippen LogP contribution in [0.3, 0.4) is 0 Å². The molecule has 0 radical (unpaired) electrons. The summed E-state index contributed by atoms with van der Waals surface area (Å²) in [4.78, 5) is 20.9. The Bertz CT molecular complexity index is 448. The van der Waals surface area contributed by atoms with E-state index in [9.17, 15) is 19.3 Å². The summed E-state index contributed by atoms with van der Waals surface area (Å²) in [6, 6.07) is 2.78. The Kier molecular flexibility index (Phi) is 3.97. The Morgan fingerprint density at radius 3 is 2.65 bits per heavy atom. The van der Waals surface area contributed by atoms with E-state index in [4.69, 9.17) is 4.74 Å². The number of nitrogens with zero attached hydrogens (tertiary/aromatic N) is 1. The van der Waals surface area contributed by atoms with Gasteiger partial charge in [0, 0.05) is 6.07 Å². The molecule has 0 unspecified atom stereocenters. The highest BCUT2D eigenvalue weighted by Gasteiger charge is 2.12. The lowest BCUT2D eigenvalue weighted by Gasteiger charge is -2.09. The number of non-ortho nitro benzene ring substituents is 1. The monoisotopic (exact) mass is 242 g/mol. The highest BCUT2D eigenvalue weighted by molar-refractivity contribution is 5.85. The smallest absolute Gasteiger partial charge is 0.411 e. The van der Waals surface area contributed by atoms with Crippen molar-refractivity contribution in [2.75, 3.05) is 5.32 Å². The van der Waals surface area contributed by atoms with Gasteiger partial charge in [0.25, 0.3) is 5.69 Å². The quantitative estimate of drug-likeness (QED) is 0.652. The number of anilines is 1. The molecule has 0 aliphatic carbocycles. The molecule has 17 heavy (non-hydrogen) atoms. The molecule has 0 bridgehead atoms. The summed E-state index contributed by atoms with van der Waals surface area (Å²) in [7, 11) is 0. The van der Waals surface area contributed by atoms with Crippen molar-refractivity contribution in [2.24, 2.45) is 0 Å². The number of carbonyl (C=O) groups excluding carboxylic acids is 1. The Balaban J connectivity index is 2.84. The molecule has 0 atom stereocenters. The fourth-order valence-corrected chi connectivity index (χ4v) is 1.11. The molecule has 1 amide bonds. The van der Waals surface area contributed by atoms with Crippen LogP contribution < -0.4 is 5.32 Å². The lowest BCUT2D eigenvalue weighted by atomic mass is 10.2. The molecule has 0 aromatic heterocycles. The Hall–Kier alpha value is -2.18. The standard InChI is InChI=1S/C10H11FN2O4/c1-6(2)17-10(14)12-8-3-7(11)4-9(5-8)13(15)16/h3-6H,1-2H3,(H,12,14). The second-order valence-electron chi connectivity index (χ2n) is 3.53. The molecule has 1 N–H and O–H groups in total. The van der Waals surface area contributed by atoms with Crippen LogP contribution in [0.4, 0.5) is 20.6 Å². The van der Waals surface area contributed by atoms with E-state index in [1.807, 2.05) is 0 Å². The number of carbonyl (C=O) groups is 1. The molecule has 6 nitrogen and oxygen atoms in total. The van der Waals surface area contributed by atoms with Gasteiger partial charge in [-0.2, -0.15) is 0 Å². The number of nitro groups is 1. The molecule has 0 aliphatic rings. The van der Waals surface area contributed by atoms with E-state index >= 15 is 0 Å². The SMILES string of the molecule is CC(C)OC(=O)Nc1cc(F)cc([N+](=O)[O-])c1. The fourth-order valence-electron chi connectivity index (χ4n) is 1.11. The number of hydrogen-bond donors (Lipinski definition) is 1. The minimum atomic E-state index is -0.806. The molecule has 0 saturated heterocycles. The summed E-state index contributed by atoms with van der Waals surface area (Å²) in [5.74, 6) is -0.806. The number of halogens is 1. The molecule has 92 valence electrons. The van der Waals surface area contributed by atoms with Crippen LogP contribution in [-0.4, -0.2) is 17.1 Å². The summed E-state index contributed by atoms with van der Waals surface area (Å²) in [6.07, 6.45) is -1.13. The van der Waals surface area contributed by atoms with Crippen molar-refractivity contribution in [1.82, 2.24) is 0 Å². The fraction of sp³-hybridized carbons (Fsp3) is 0.300. The van der Waals surface area contributed by atoms with Gasteiger partial charge in [-0.3, -0.25) is 15.4 Å². The first-order valence-electron chi connectivity index (χ1n) is 4.81. The second-order valence-corrected chi connectivity index (χ2v) is 3.53. The third kappa shape index (κ3) is 4.06. The second kappa shape index (κ2) is 5.24. The first-order valence-corrected chi connectivity index (χ1v) is 4.81. The molecule has 1 aromatic rings. The van der Waals surface area contributed by atoms with E-state index < -0.39 is 22.5 Å². The molecule has 1 aromatic carbocycles. The zero-order chi connectivity index (χ0) is 13.0. The van der Waals surface area contributed by atoms with Gasteiger partial charge in [0.15, 0.2) is 0 Å². The zero-order valence-corrected chi connectivity index (χ0v) is 9.27. The van der Waals surface area contributed by atoms with Crippen LogP contribution in [0.15, 0.2) is 18.2 Å². The van der Waals surface area contributed by atoms with Gasteiger partial charge in [-0.15, -0.1) is 0 Å². The molecule has 0 heterocycles. The van der Waals surface area contributed by atoms with E-state index in [1.165, 1.54) is 0 Å². The van der Waals surface area contributed by atoms with Crippen molar-refractivity contribution >= 4 is 17.5 Å². The number of nitrogens with one attached hydrogen (secondary N) is 1. The number of hydrogen-bond acceptors (Lipinski definition) is 4. The number of nitro benzene ring substituents is 1. The predicted octanol–water partition coefficient (Wildman–Crippen LogP) is 2.69. The average molecular weight is 242 g/mol. The van der Waals surface area contributed by atoms with Crippen molar-refractivity contribution in [3.8, 4) is 0 Å². The van der Waals surface area contributed by atoms with Crippen LogP contribution in [0, 0.1) is 15.9 Å². The number of ether oxygens (including phenoxy) is 1. The van der Waals surface area contributed by atoms with E-state index in [0.29, 0.717) is 0 Å². The summed E-state index contributed by atoms with van der Waals surface area (Å²) < 4.78 is 17.8. The minimum absolute atomic E-state index is 0.0256. The number of benzene rings is 1. The maximum atomic E-state index is 13.0. The molecule has 7 heteroatoms. The third-order valence-electron chi connectivity index (χ3n) is 1.68. The number of amides is 1. The summed E-state index contributed by atoms with van der Waals surface area (Å²) in [6.45, 7) is 3.29. The number of rotatable bonds is 3. The maximum absolute atomic E-state index is 13.0. The van der Waals surface area contributed by atoms with Gasteiger partial charge >= 0.3 is 6.09 Å². The van der Waals surface area contributed by atoms with Gasteiger partial charge in [0.2, 0.25) is 0 Å². The molecule has 0 spiro atoms. The summed E-state index contributed by atoms with van der Waals surface area (Å²) >= 11 is 0. The first-order chi connectivity index (χ1) is 7.88. The lowest BCUT2D eigenvalue weighted by molar-refractivity contribution is -0.385. The van der Waals surface area contributed by atoms with E-state index in [2.05, 4.69) is 5.32 Å². The Morgan fingerprint density at radius 2 is 2.12 bits per heavy atom. The predicted molar refractivity (Wildman–Crippen MR) is 58.3 cm³/mol. The highest BCUT2D eigenvalue weighted by Crippen LogP contribution is 2.20. The molecule has 0 aliphatic heterocycles. The minimum Gasteiger partial charge on any atom is -0.447 e. The molecular formula is C10H11FN2O4. The lowest BCUT2D eigenvalue weighted by Crippen LogP contribution is -2.18. The van der Waals surface area contributed by atoms with Crippen LogP contribution in [0.2, 0.25) is 0 Å². The first kappa shape index (κ1) is 12.9. The van der Waals surface area contributed by atoms with Crippen molar-refractivity contribution in [3.05, 3.63) is 34.1 Å². The molecular weight excluding hydrogens is 231 g/mol. The average Bonchev–Trinajstić information content (AvgIpc) is 2.14. The van der Waals surface area contributed by atoms with Crippen molar-refractivity contribution in [1.29, 1.82) is 0 Å². The topological polar surface area (TPSA) is 81.5 Å². The third-order valence-corrected chi connectivity index (χ3v) is 1.68. The summed E-state index contributed by atoms with van der Waals surface area (Å²) in [5, 5.41) is 12.7. The van der Waals surface area contributed by atoms with Gasteiger partial charge in [-0.25, -0.2) is 9.18 Å². The molecule has 0 saturated carbocycles. The van der Waals surface area contributed by atoms with Gasteiger partial charge < -0.3 is 4.74 Å². The van der Waals surface area contributed by atoms with Crippen LogP contribution in [0.25, 0.3) is 0 Å². The van der Waals surface area contributed by atoms with E-state index in [-0.39, 0.29) is 11.8 Å². The van der Waals surface area contributed by atoms with E-state index in [0.717, 1.165) is 18.2 Å². The van der Waals surface area contributed by atoms with Gasteiger partial charge in [0.05, 0.1) is 22.8 Å². The van der Waals surface area contributed by atoms with Crippen molar-refractivity contribution in [2.45, 2.75) is 20.0 Å². The van der Waals surface area contributed by atoms with Crippen molar-refractivity contribution in [3.63, 3.8) is 0 Å². The Morgan fingerprint density at radius 1 is 1.47 bits per heavy atom. The van der Waals surface area contributed by atoms with Crippen LogP contribution >= 0.6 is 0 Å². The normalized spacial score (nSPS) is 10.1. The van der Waals surface area contributed by atoms with Gasteiger partial charge in [-0.1, -0.05) is 0 Å². The Labute approximate surface area is 96.5 Å². The summed E-state index contributed by atoms with van der Waals surface area (Å²) in [5.41, 5.74) is -0.466. The van der Waals surface area contributed by atoms with Crippen molar-refractivity contribution < 1.29 is 18.8 Å². The van der Waals surface area contributed by atoms with Gasteiger partial charge in [0.1, 0.15) is 5.82 Å². The van der Waals surface area contributed by atoms with Crippen LogP contribution in [-0.2, 0) is 4.74 Å². The van der Waals surface area contributed by atoms with Crippen LogP contribution in [0.1, 0.15) is 13.8 Å². The molecule has 0 fully saturated rings. The van der Waals surface area contributed by atoms with Crippen LogP contribution in [0.5, 0.6) is 0 Å². The zero-order valence-electron chi connectivity index (χ0n) is 9.27.